The Kier molecular flexibility index (Phi) is 2.81. The molecule has 2 aromatic heterocycles. The summed E-state index contributed by atoms with van der Waals surface area (Å²) in [5.41, 5.74) is 8.07. The smallest absolute Gasteiger partial charge is 0.123 e. The molecular weight excluding hydrogens is 262 g/mol. The Bertz CT molecular complexity index is 763. The fraction of sp³-hybridized carbons (Fsp3) is 0.235. The average Bonchev–Trinajstić information content (AvgIpc) is 3.23. The number of rotatable bonds is 4. The summed E-state index contributed by atoms with van der Waals surface area (Å²) in [7, 11) is 0. The van der Waals surface area contributed by atoms with Gasteiger partial charge in [-0.1, -0.05) is 0 Å². The highest BCUT2D eigenvalue weighted by atomic mass is 16.3. The monoisotopic (exact) mass is 279 g/mol. The predicted molar refractivity (Wildman–Crippen MR) is 84.1 cm³/mol. The molecule has 0 aliphatic heterocycles. The van der Waals surface area contributed by atoms with Gasteiger partial charge in [-0.05, 0) is 43.2 Å². The molecule has 1 aliphatic carbocycles. The van der Waals surface area contributed by atoms with Crippen molar-refractivity contribution < 1.29 is 4.42 Å². The van der Waals surface area contributed by atoms with Gasteiger partial charge in [-0.25, -0.2) is 0 Å². The number of nitrogens with two attached hydrogens (primary N) is 1. The highest BCUT2D eigenvalue weighted by molar-refractivity contribution is 6.00. The fourth-order valence-corrected chi connectivity index (χ4v) is 2.82. The number of furan rings is 1. The average molecular weight is 279 g/mol. The normalized spacial score (nSPS) is 14.5. The molecular formula is C17H17N3O. The molecule has 106 valence electrons. The minimum absolute atomic E-state index is 0.585. The zero-order valence-corrected chi connectivity index (χ0v) is 11.7. The molecule has 2 heterocycles. The Morgan fingerprint density at radius 3 is 2.86 bits per heavy atom. The fourth-order valence-electron chi connectivity index (χ4n) is 2.82. The van der Waals surface area contributed by atoms with Crippen molar-refractivity contribution in [1.29, 1.82) is 0 Å². The van der Waals surface area contributed by atoms with E-state index < -0.39 is 0 Å². The maximum Gasteiger partial charge on any atom is 0.123 e. The van der Waals surface area contributed by atoms with Crippen molar-refractivity contribution in [2.45, 2.75) is 25.4 Å². The number of hydrogen-bond acceptors (Lipinski definition) is 4. The van der Waals surface area contributed by atoms with Crippen molar-refractivity contribution in [3.8, 4) is 0 Å². The molecule has 1 aliphatic rings. The third kappa shape index (κ3) is 2.23. The van der Waals surface area contributed by atoms with Crippen LogP contribution in [0.2, 0.25) is 0 Å². The number of nitrogens with zero attached hydrogens (tertiary/aromatic N) is 2. The van der Waals surface area contributed by atoms with Crippen LogP contribution in [0.5, 0.6) is 0 Å². The van der Waals surface area contributed by atoms with E-state index in [1.807, 2.05) is 30.5 Å². The van der Waals surface area contributed by atoms with E-state index in [2.05, 4.69) is 16.0 Å². The van der Waals surface area contributed by atoms with Gasteiger partial charge in [-0.2, -0.15) is 0 Å². The molecule has 2 N–H and O–H groups in total. The standard InChI is InChI=1S/C17H17N3O/c18-16-5-6-17(15-10-19-8-7-14(15)16)20(12-3-4-12)11-13-2-1-9-21-13/h1-2,5-10,12H,3-4,11,18H2. The highest BCUT2D eigenvalue weighted by Gasteiger charge is 2.30. The SMILES string of the molecule is Nc1ccc(N(Cc2ccco2)C2CC2)c2cnccc12. The first kappa shape index (κ1) is 12.3. The maximum atomic E-state index is 6.09. The summed E-state index contributed by atoms with van der Waals surface area (Å²) in [6.45, 7) is 0.783. The van der Waals surface area contributed by atoms with Crippen LogP contribution in [0.4, 0.5) is 11.4 Å². The van der Waals surface area contributed by atoms with E-state index in [0.29, 0.717) is 6.04 Å². The number of benzene rings is 1. The number of nitrogen functional groups attached to an aromatic ring is 1. The largest absolute Gasteiger partial charge is 0.467 e. The minimum atomic E-state index is 0.585. The van der Waals surface area contributed by atoms with Gasteiger partial charge in [0, 0.05) is 40.6 Å². The number of aromatic nitrogens is 1. The Hall–Kier alpha value is -2.49. The quantitative estimate of drug-likeness (QED) is 0.742. The van der Waals surface area contributed by atoms with Crippen molar-refractivity contribution in [2.24, 2.45) is 0 Å². The van der Waals surface area contributed by atoms with E-state index in [9.17, 15) is 0 Å². The lowest BCUT2D eigenvalue weighted by atomic mass is 10.1. The van der Waals surface area contributed by atoms with Gasteiger partial charge in [0.25, 0.3) is 0 Å². The van der Waals surface area contributed by atoms with E-state index in [-0.39, 0.29) is 0 Å². The summed E-state index contributed by atoms with van der Waals surface area (Å²) in [5.74, 6) is 0.982. The molecule has 1 fully saturated rings. The summed E-state index contributed by atoms with van der Waals surface area (Å²) in [4.78, 5) is 6.67. The molecule has 1 saturated carbocycles. The summed E-state index contributed by atoms with van der Waals surface area (Å²) in [6, 6.07) is 10.6. The van der Waals surface area contributed by atoms with Gasteiger partial charge in [-0.15, -0.1) is 0 Å². The van der Waals surface area contributed by atoms with Gasteiger partial charge >= 0.3 is 0 Å². The molecule has 0 spiro atoms. The van der Waals surface area contributed by atoms with Crippen LogP contribution in [-0.2, 0) is 6.54 Å². The van der Waals surface area contributed by atoms with Crippen LogP contribution in [0, 0.1) is 0 Å². The molecule has 0 bridgehead atoms. The van der Waals surface area contributed by atoms with Crippen LogP contribution in [-0.4, -0.2) is 11.0 Å². The molecule has 0 saturated heterocycles. The molecule has 0 radical (unpaired) electrons. The van der Waals surface area contributed by atoms with E-state index in [1.165, 1.54) is 18.5 Å². The second-order valence-electron chi connectivity index (χ2n) is 5.53. The van der Waals surface area contributed by atoms with E-state index in [4.69, 9.17) is 10.2 Å². The zero-order chi connectivity index (χ0) is 14.2. The van der Waals surface area contributed by atoms with Gasteiger partial charge in [-0.3, -0.25) is 4.98 Å². The molecule has 4 nitrogen and oxygen atoms in total. The van der Waals surface area contributed by atoms with Crippen molar-refractivity contribution in [3.63, 3.8) is 0 Å². The molecule has 1 aromatic carbocycles. The third-order valence-electron chi connectivity index (χ3n) is 4.03. The van der Waals surface area contributed by atoms with Crippen LogP contribution in [0.25, 0.3) is 10.8 Å². The van der Waals surface area contributed by atoms with Crippen molar-refractivity contribution in [2.75, 3.05) is 10.6 Å². The Balaban J connectivity index is 1.81. The van der Waals surface area contributed by atoms with Crippen LogP contribution >= 0.6 is 0 Å². The van der Waals surface area contributed by atoms with E-state index in [1.54, 1.807) is 12.5 Å². The van der Waals surface area contributed by atoms with Gasteiger partial charge in [0.05, 0.1) is 12.8 Å². The van der Waals surface area contributed by atoms with Crippen molar-refractivity contribution >= 4 is 22.1 Å². The van der Waals surface area contributed by atoms with Gasteiger partial charge in [0.2, 0.25) is 0 Å². The molecule has 0 atom stereocenters. The maximum absolute atomic E-state index is 6.09. The minimum Gasteiger partial charge on any atom is -0.467 e. The van der Waals surface area contributed by atoms with Crippen LogP contribution in [0.15, 0.2) is 53.4 Å². The molecule has 3 aromatic rings. The summed E-state index contributed by atoms with van der Waals surface area (Å²) in [6.07, 6.45) is 7.87. The Morgan fingerprint density at radius 2 is 2.10 bits per heavy atom. The lowest BCUT2D eigenvalue weighted by molar-refractivity contribution is 0.501. The second-order valence-corrected chi connectivity index (χ2v) is 5.53. The van der Waals surface area contributed by atoms with E-state index in [0.717, 1.165) is 28.8 Å². The van der Waals surface area contributed by atoms with E-state index >= 15 is 0 Å². The highest BCUT2D eigenvalue weighted by Crippen LogP contribution is 2.38. The lowest BCUT2D eigenvalue weighted by Crippen LogP contribution is -2.25. The predicted octanol–water partition coefficient (Wildman–Crippen LogP) is 3.58. The Labute approximate surface area is 123 Å². The molecule has 0 amide bonds. The summed E-state index contributed by atoms with van der Waals surface area (Å²) >= 11 is 0. The first-order valence-corrected chi connectivity index (χ1v) is 7.24. The van der Waals surface area contributed by atoms with Crippen LogP contribution in [0.1, 0.15) is 18.6 Å². The molecule has 21 heavy (non-hydrogen) atoms. The zero-order valence-electron chi connectivity index (χ0n) is 11.7. The number of anilines is 2. The molecule has 0 unspecified atom stereocenters. The first-order chi connectivity index (χ1) is 10.3. The van der Waals surface area contributed by atoms with Crippen molar-refractivity contribution in [3.05, 3.63) is 54.7 Å². The molecule has 4 rings (SSSR count). The summed E-state index contributed by atoms with van der Waals surface area (Å²) in [5, 5.41) is 2.17. The van der Waals surface area contributed by atoms with Crippen LogP contribution < -0.4 is 10.6 Å². The number of fused-ring (bicyclic) bond motifs is 1. The number of pyridine rings is 1. The topological polar surface area (TPSA) is 55.3 Å². The van der Waals surface area contributed by atoms with Crippen LogP contribution in [0.3, 0.4) is 0 Å². The Morgan fingerprint density at radius 1 is 1.19 bits per heavy atom. The third-order valence-corrected chi connectivity index (χ3v) is 4.03. The van der Waals surface area contributed by atoms with Crippen molar-refractivity contribution in [1.82, 2.24) is 4.98 Å². The van der Waals surface area contributed by atoms with Gasteiger partial charge < -0.3 is 15.1 Å². The molecule has 4 heteroatoms. The second kappa shape index (κ2) is 4.81. The summed E-state index contributed by atoms with van der Waals surface area (Å²) < 4.78 is 5.52. The first-order valence-electron chi connectivity index (χ1n) is 7.24. The lowest BCUT2D eigenvalue weighted by Gasteiger charge is -2.25. The number of hydrogen-bond donors (Lipinski definition) is 1. The van der Waals surface area contributed by atoms with Gasteiger partial charge in [0.15, 0.2) is 0 Å². The van der Waals surface area contributed by atoms with Gasteiger partial charge in [0.1, 0.15) is 5.76 Å².